The second kappa shape index (κ2) is 7.00. The molecule has 1 amide bonds. The first-order chi connectivity index (χ1) is 11.5. The minimum Gasteiger partial charge on any atom is -0.348 e. The number of rotatable bonds is 4. The van der Waals surface area contributed by atoms with E-state index in [9.17, 15) is 13.2 Å². The number of carbonyl (C=O) groups is 1. The molecule has 0 unspecified atom stereocenters. The number of sulfonamides is 1. The van der Waals surface area contributed by atoms with E-state index in [2.05, 4.69) is 10.3 Å². The van der Waals surface area contributed by atoms with Crippen LogP contribution in [0.5, 0.6) is 0 Å². The quantitative estimate of drug-likeness (QED) is 0.899. The highest BCUT2D eigenvalue weighted by Gasteiger charge is 2.30. The van der Waals surface area contributed by atoms with Gasteiger partial charge in [0.05, 0.1) is 16.1 Å². The Labute approximate surface area is 145 Å². The molecule has 1 N–H and O–H groups in total. The van der Waals surface area contributed by atoms with Crippen LogP contribution < -0.4 is 5.32 Å². The maximum absolute atomic E-state index is 12.6. The molecule has 128 valence electrons. The predicted molar refractivity (Wildman–Crippen MR) is 92.5 cm³/mol. The van der Waals surface area contributed by atoms with Crippen LogP contribution in [0.1, 0.15) is 28.2 Å². The van der Waals surface area contributed by atoms with E-state index in [0.717, 1.165) is 5.69 Å². The molecule has 6 nitrogen and oxygen atoms in total. The van der Waals surface area contributed by atoms with Crippen LogP contribution in [-0.4, -0.2) is 42.7 Å². The molecule has 2 aromatic rings. The van der Waals surface area contributed by atoms with E-state index < -0.39 is 10.0 Å². The zero-order valence-electron chi connectivity index (χ0n) is 13.3. The van der Waals surface area contributed by atoms with Gasteiger partial charge in [-0.1, -0.05) is 18.2 Å². The summed E-state index contributed by atoms with van der Waals surface area (Å²) in [5.74, 6) is -0.126. The van der Waals surface area contributed by atoms with Crippen LogP contribution in [0.3, 0.4) is 0 Å². The average Bonchev–Trinajstić information content (AvgIpc) is 3.02. The third-order valence-electron chi connectivity index (χ3n) is 4.12. The summed E-state index contributed by atoms with van der Waals surface area (Å²) in [6.45, 7) is 2.62. The van der Waals surface area contributed by atoms with Crippen LogP contribution >= 0.6 is 11.3 Å². The molecule has 3 rings (SSSR count). The number of nitrogens with one attached hydrogen (secondary N) is 1. The fraction of sp³-hybridized carbons (Fsp3) is 0.375. The van der Waals surface area contributed by atoms with Crippen LogP contribution in [0.2, 0.25) is 0 Å². The Morgan fingerprint density at radius 3 is 2.50 bits per heavy atom. The molecule has 1 saturated heterocycles. The van der Waals surface area contributed by atoms with Crippen molar-refractivity contribution in [3.05, 3.63) is 46.4 Å². The van der Waals surface area contributed by atoms with Crippen LogP contribution in [-0.2, 0) is 10.0 Å². The van der Waals surface area contributed by atoms with Crippen molar-refractivity contribution in [2.75, 3.05) is 13.1 Å². The first-order valence-electron chi connectivity index (χ1n) is 7.74. The number of thiazole rings is 1. The van der Waals surface area contributed by atoms with Crippen LogP contribution in [0.15, 0.2) is 40.7 Å². The lowest BCUT2D eigenvalue weighted by Gasteiger charge is -2.31. The van der Waals surface area contributed by atoms with Crippen molar-refractivity contribution in [1.29, 1.82) is 0 Å². The zero-order valence-corrected chi connectivity index (χ0v) is 14.9. The summed E-state index contributed by atoms with van der Waals surface area (Å²) in [7, 11) is -3.45. The highest BCUT2D eigenvalue weighted by atomic mass is 32.2. The van der Waals surface area contributed by atoms with Crippen LogP contribution in [0.4, 0.5) is 0 Å². The van der Waals surface area contributed by atoms with E-state index in [1.165, 1.54) is 15.6 Å². The molecule has 1 aliphatic rings. The van der Waals surface area contributed by atoms with Crippen molar-refractivity contribution in [2.45, 2.75) is 30.7 Å². The Kier molecular flexibility index (Phi) is 4.98. The first kappa shape index (κ1) is 17.1. The van der Waals surface area contributed by atoms with Gasteiger partial charge < -0.3 is 5.32 Å². The molecule has 1 aromatic carbocycles. The number of hydrogen-bond acceptors (Lipinski definition) is 5. The summed E-state index contributed by atoms with van der Waals surface area (Å²) < 4.78 is 26.6. The van der Waals surface area contributed by atoms with Gasteiger partial charge in [0.15, 0.2) is 0 Å². The highest BCUT2D eigenvalue weighted by molar-refractivity contribution is 7.89. The number of benzene rings is 1. The molecule has 0 radical (unpaired) electrons. The van der Waals surface area contributed by atoms with Crippen molar-refractivity contribution in [1.82, 2.24) is 14.6 Å². The lowest BCUT2D eigenvalue weighted by molar-refractivity contribution is 0.0927. The summed E-state index contributed by atoms with van der Waals surface area (Å²) in [6, 6.07) is 8.43. The van der Waals surface area contributed by atoms with Crippen molar-refractivity contribution in [3.8, 4) is 0 Å². The molecule has 8 heteroatoms. The normalized spacial score (nSPS) is 16.9. The van der Waals surface area contributed by atoms with Gasteiger partial charge in [0.1, 0.15) is 4.88 Å². The number of amides is 1. The Hall–Kier alpha value is -1.77. The molecular formula is C16H19N3O3S2. The third-order valence-corrected chi connectivity index (χ3v) is 6.96. The van der Waals surface area contributed by atoms with E-state index in [-0.39, 0.29) is 11.9 Å². The minimum atomic E-state index is -3.45. The standard InChI is InChI=1S/C16H19N3O3S2/c1-12-15(23-11-17-12)16(20)18-13-7-9-19(10-8-13)24(21,22)14-5-3-2-4-6-14/h2-6,11,13H,7-10H2,1H3,(H,18,20). The van der Waals surface area contributed by atoms with Crippen molar-refractivity contribution < 1.29 is 13.2 Å². The van der Waals surface area contributed by atoms with E-state index in [0.29, 0.717) is 35.7 Å². The lowest BCUT2D eigenvalue weighted by Crippen LogP contribution is -2.46. The number of piperidine rings is 1. The van der Waals surface area contributed by atoms with Crippen LogP contribution in [0.25, 0.3) is 0 Å². The molecule has 1 aliphatic heterocycles. The number of aryl methyl sites for hydroxylation is 1. The maximum Gasteiger partial charge on any atom is 0.263 e. The topological polar surface area (TPSA) is 79.4 Å². The fourth-order valence-electron chi connectivity index (χ4n) is 2.75. The third kappa shape index (κ3) is 3.50. The molecular weight excluding hydrogens is 346 g/mol. The Balaban J connectivity index is 1.60. The number of hydrogen-bond donors (Lipinski definition) is 1. The summed E-state index contributed by atoms with van der Waals surface area (Å²) in [4.78, 5) is 17.2. The summed E-state index contributed by atoms with van der Waals surface area (Å²) >= 11 is 1.32. The summed E-state index contributed by atoms with van der Waals surface area (Å²) in [5, 5.41) is 2.98. The van der Waals surface area contributed by atoms with Gasteiger partial charge >= 0.3 is 0 Å². The molecule has 0 aliphatic carbocycles. The van der Waals surface area contributed by atoms with E-state index in [1.807, 2.05) is 0 Å². The molecule has 0 spiro atoms. The summed E-state index contributed by atoms with van der Waals surface area (Å²) in [5.41, 5.74) is 2.38. The smallest absolute Gasteiger partial charge is 0.263 e. The predicted octanol–water partition coefficient (Wildman–Crippen LogP) is 2.03. The van der Waals surface area contributed by atoms with E-state index in [1.54, 1.807) is 42.8 Å². The van der Waals surface area contributed by atoms with Gasteiger partial charge in [0.2, 0.25) is 10.0 Å². The van der Waals surface area contributed by atoms with Crippen molar-refractivity contribution >= 4 is 27.3 Å². The lowest BCUT2D eigenvalue weighted by atomic mass is 10.1. The number of nitrogens with zero attached hydrogens (tertiary/aromatic N) is 2. The van der Waals surface area contributed by atoms with E-state index in [4.69, 9.17) is 0 Å². The Bertz CT molecular complexity index is 810. The van der Waals surface area contributed by atoms with Gasteiger partial charge in [0, 0.05) is 19.1 Å². The minimum absolute atomic E-state index is 0.0128. The molecule has 0 saturated carbocycles. The first-order valence-corrected chi connectivity index (χ1v) is 10.1. The molecule has 1 fully saturated rings. The largest absolute Gasteiger partial charge is 0.348 e. The average molecular weight is 365 g/mol. The highest BCUT2D eigenvalue weighted by Crippen LogP contribution is 2.21. The SMILES string of the molecule is Cc1ncsc1C(=O)NC1CCN(S(=O)(=O)c2ccccc2)CC1. The summed E-state index contributed by atoms with van der Waals surface area (Å²) in [6.07, 6.45) is 1.21. The number of carbonyl (C=O) groups excluding carboxylic acids is 1. The van der Waals surface area contributed by atoms with Crippen molar-refractivity contribution in [2.24, 2.45) is 0 Å². The molecule has 2 heterocycles. The Morgan fingerprint density at radius 1 is 1.25 bits per heavy atom. The van der Waals surface area contributed by atoms with Gasteiger partial charge in [0.25, 0.3) is 5.91 Å². The van der Waals surface area contributed by atoms with Gasteiger partial charge in [-0.25, -0.2) is 13.4 Å². The van der Waals surface area contributed by atoms with E-state index >= 15 is 0 Å². The Morgan fingerprint density at radius 2 is 1.92 bits per heavy atom. The zero-order chi connectivity index (χ0) is 17.2. The van der Waals surface area contributed by atoms with Crippen molar-refractivity contribution in [3.63, 3.8) is 0 Å². The second-order valence-corrected chi connectivity index (χ2v) is 8.52. The van der Waals surface area contributed by atoms with Gasteiger partial charge in [-0.3, -0.25) is 4.79 Å². The maximum atomic E-state index is 12.6. The fourth-order valence-corrected chi connectivity index (χ4v) is 4.95. The van der Waals surface area contributed by atoms with Gasteiger partial charge in [-0.05, 0) is 31.9 Å². The molecule has 0 atom stereocenters. The molecule has 24 heavy (non-hydrogen) atoms. The van der Waals surface area contributed by atoms with Crippen LogP contribution in [0, 0.1) is 6.92 Å². The number of aromatic nitrogens is 1. The molecule has 1 aromatic heterocycles. The second-order valence-electron chi connectivity index (χ2n) is 5.73. The molecule has 0 bridgehead atoms. The van der Waals surface area contributed by atoms with Gasteiger partial charge in [-0.15, -0.1) is 11.3 Å². The van der Waals surface area contributed by atoms with Gasteiger partial charge in [-0.2, -0.15) is 4.31 Å². The monoisotopic (exact) mass is 365 g/mol.